The van der Waals surface area contributed by atoms with Gasteiger partial charge in [0.2, 0.25) is 5.91 Å². The van der Waals surface area contributed by atoms with Crippen LogP contribution in [0, 0.1) is 5.82 Å². The van der Waals surface area contributed by atoms with Crippen LogP contribution in [-0.4, -0.2) is 35.4 Å². The number of halogens is 1. The highest BCUT2D eigenvalue weighted by Gasteiger charge is 2.16. The van der Waals surface area contributed by atoms with Gasteiger partial charge in [-0.1, -0.05) is 12.1 Å². The second kappa shape index (κ2) is 7.17. The van der Waals surface area contributed by atoms with Crippen molar-refractivity contribution in [1.29, 1.82) is 0 Å². The van der Waals surface area contributed by atoms with Gasteiger partial charge >= 0.3 is 0 Å². The van der Waals surface area contributed by atoms with Gasteiger partial charge in [-0.25, -0.2) is 9.37 Å². The van der Waals surface area contributed by atoms with Crippen molar-refractivity contribution >= 4 is 5.91 Å². The van der Waals surface area contributed by atoms with E-state index in [2.05, 4.69) is 4.98 Å². The fraction of sp³-hybridized carbons (Fsp3) is 0.375. The topological polar surface area (TPSA) is 72.4 Å². The molecule has 2 N–H and O–H groups in total. The van der Waals surface area contributed by atoms with Crippen LogP contribution in [0.25, 0.3) is 11.3 Å². The molecule has 0 saturated carbocycles. The lowest BCUT2D eigenvalue weighted by molar-refractivity contribution is -0.131. The summed E-state index contributed by atoms with van der Waals surface area (Å²) in [6.07, 6.45) is 2.12. The monoisotopic (exact) mass is 305 g/mol. The Balaban J connectivity index is 1.99. The van der Waals surface area contributed by atoms with Gasteiger partial charge in [-0.3, -0.25) is 4.79 Å². The van der Waals surface area contributed by atoms with E-state index in [-0.39, 0.29) is 24.2 Å². The molecule has 0 aliphatic carbocycles. The lowest BCUT2D eigenvalue weighted by Crippen LogP contribution is -2.39. The Hall–Kier alpha value is -2.21. The average molecular weight is 305 g/mol. The molecule has 1 heterocycles. The first-order valence-corrected chi connectivity index (χ1v) is 7.18. The lowest BCUT2D eigenvalue weighted by atomic mass is 10.2. The summed E-state index contributed by atoms with van der Waals surface area (Å²) >= 11 is 0. The second-order valence-electron chi connectivity index (χ2n) is 5.19. The number of amides is 1. The number of hydrogen-bond donors (Lipinski definition) is 1. The Kier molecular flexibility index (Phi) is 5.27. The molecule has 1 aromatic heterocycles. The maximum Gasteiger partial charge on any atom is 0.223 e. The molecule has 0 aliphatic heterocycles. The van der Waals surface area contributed by atoms with Gasteiger partial charge in [-0.05, 0) is 19.1 Å². The van der Waals surface area contributed by atoms with E-state index in [1.54, 1.807) is 30.1 Å². The predicted molar refractivity (Wildman–Crippen MR) is 81.5 cm³/mol. The van der Waals surface area contributed by atoms with Gasteiger partial charge in [0.05, 0.1) is 11.8 Å². The Labute approximate surface area is 128 Å². The normalized spacial score (nSPS) is 12.2. The van der Waals surface area contributed by atoms with E-state index in [0.29, 0.717) is 30.2 Å². The summed E-state index contributed by atoms with van der Waals surface area (Å²) in [6, 6.07) is 6.33. The van der Waals surface area contributed by atoms with Crippen LogP contribution in [0.15, 0.2) is 34.9 Å². The molecule has 5 nitrogen and oxygen atoms in total. The molecule has 0 saturated heterocycles. The highest BCUT2D eigenvalue weighted by atomic mass is 19.1. The maximum atomic E-state index is 13.7. The quantitative estimate of drug-likeness (QED) is 0.888. The number of carbonyl (C=O) groups is 1. The van der Waals surface area contributed by atoms with Crippen LogP contribution >= 0.6 is 0 Å². The summed E-state index contributed by atoms with van der Waals surface area (Å²) in [5, 5.41) is 0. The molecule has 0 spiro atoms. The van der Waals surface area contributed by atoms with E-state index in [0.717, 1.165) is 0 Å². The van der Waals surface area contributed by atoms with Gasteiger partial charge in [-0.15, -0.1) is 0 Å². The summed E-state index contributed by atoms with van der Waals surface area (Å²) in [4.78, 5) is 17.7. The molecule has 0 radical (unpaired) electrons. The van der Waals surface area contributed by atoms with Crippen molar-refractivity contribution < 1.29 is 13.6 Å². The summed E-state index contributed by atoms with van der Waals surface area (Å²) < 4.78 is 19.2. The molecule has 2 aromatic rings. The first kappa shape index (κ1) is 16.2. The third kappa shape index (κ3) is 3.71. The molecule has 1 atom stereocenters. The summed E-state index contributed by atoms with van der Waals surface area (Å²) in [5.41, 5.74) is 5.90. The highest BCUT2D eigenvalue weighted by molar-refractivity contribution is 5.76. The third-order valence-electron chi connectivity index (χ3n) is 3.64. The first-order valence-electron chi connectivity index (χ1n) is 7.18. The second-order valence-corrected chi connectivity index (χ2v) is 5.19. The van der Waals surface area contributed by atoms with Crippen molar-refractivity contribution in [2.24, 2.45) is 5.73 Å². The van der Waals surface area contributed by atoms with Crippen molar-refractivity contribution in [3.63, 3.8) is 0 Å². The molecule has 2 rings (SSSR count). The van der Waals surface area contributed by atoms with Crippen molar-refractivity contribution in [1.82, 2.24) is 9.88 Å². The van der Waals surface area contributed by atoms with Gasteiger partial charge in [0.1, 0.15) is 5.82 Å². The number of nitrogens with zero attached hydrogens (tertiary/aromatic N) is 2. The molecule has 118 valence electrons. The van der Waals surface area contributed by atoms with Gasteiger partial charge in [-0.2, -0.15) is 0 Å². The minimum Gasteiger partial charge on any atom is -0.441 e. The molecule has 1 unspecified atom stereocenters. The number of hydrogen-bond acceptors (Lipinski definition) is 4. The molecule has 6 heteroatoms. The number of oxazole rings is 1. The lowest BCUT2D eigenvalue weighted by Gasteiger charge is -2.23. The minimum atomic E-state index is -0.363. The SMILES string of the molecule is CC(CN)N(C)C(=O)CCc1ncc(-c2ccccc2F)o1. The molecular formula is C16H20FN3O2. The van der Waals surface area contributed by atoms with Crippen molar-refractivity contribution in [3.8, 4) is 11.3 Å². The van der Waals surface area contributed by atoms with Crippen molar-refractivity contribution in [2.45, 2.75) is 25.8 Å². The highest BCUT2D eigenvalue weighted by Crippen LogP contribution is 2.23. The number of aryl methyl sites for hydroxylation is 1. The Morgan fingerprint density at radius 2 is 2.18 bits per heavy atom. The molecule has 0 fully saturated rings. The minimum absolute atomic E-state index is 0.00830. The molecule has 22 heavy (non-hydrogen) atoms. The van der Waals surface area contributed by atoms with E-state index in [1.165, 1.54) is 12.3 Å². The van der Waals surface area contributed by atoms with Crippen molar-refractivity contribution in [3.05, 3.63) is 42.2 Å². The van der Waals surface area contributed by atoms with E-state index in [1.807, 2.05) is 6.92 Å². The zero-order chi connectivity index (χ0) is 16.1. The van der Waals surface area contributed by atoms with Crippen LogP contribution in [0.2, 0.25) is 0 Å². The third-order valence-corrected chi connectivity index (χ3v) is 3.64. The van der Waals surface area contributed by atoms with Gasteiger partial charge in [0, 0.05) is 32.5 Å². The maximum absolute atomic E-state index is 13.7. The van der Waals surface area contributed by atoms with Gasteiger partial charge in [0.25, 0.3) is 0 Å². The standard InChI is InChI=1S/C16H20FN3O2/c1-11(9-18)20(2)16(21)8-7-15-19-10-14(22-15)12-5-3-4-6-13(12)17/h3-6,10-11H,7-9,18H2,1-2H3. The average Bonchev–Trinajstić information content (AvgIpc) is 3.00. The fourth-order valence-electron chi connectivity index (χ4n) is 2.01. The Morgan fingerprint density at radius 1 is 1.45 bits per heavy atom. The van der Waals surface area contributed by atoms with Crippen LogP contribution < -0.4 is 5.73 Å². The van der Waals surface area contributed by atoms with E-state index in [9.17, 15) is 9.18 Å². The van der Waals surface area contributed by atoms with Crippen LogP contribution in [-0.2, 0) is 11.2 Å². The molecule has 1 amide bonds. The van der Waals surface area contributed by atoms with Crippen molar-refractivity contribution in [2.75, 3.05) is 13.6 Å². The van der Waals surface area contributed by atoms with E-state index in [4.69, 9.17) is 10.2 Å². The van der Waals surface area contributed by atoms with Crippen LogP contribution in [0.1, 0.15) is 19.2 Å². The van der Waals surface area contributed by atoms with Crippen LogP contribution in [0.4, 0.5) is 4.39 Å². The zero-order valence-corrected chi connectivity index (χ0v) is 12.8. The smallest absolute Gasteiger partial charge is 0.223 e. The summed E-state index contributed by atoms with van der Waals surface area (Å²) in [5.74, 6) is 0.394. The fourth-order valence-corrected chi connectivity index (χ4v) is 2.01. The summed E-state index contributed by atoms with van der Waals surface area (Å²) in [7, 11) is 1.72. The predicted octanol–water partition coefficient (Wildman–Crippen LogP) is 2.22. The number of nitrogens with two attached hydrogens (primary N) is 1. The van der Waals surface area contributed by atoms with E-state index < -0.39 is 0 Å². The van der Waals surface area contributed by atoms with Crippen LogP contribution in [0.3, 0.4) is 0 Å². The number of benzene rings is 1. The Morgan fingerprint density at radius 3 is 2.86 bits per heavy atom. The number of rotatable bonds is 6. The van der Waals surface area contributed by atoms with Crippen LogP contribution in [0.5, 0.6) is 0 Å². The van der Waals surface area contributed by atoms with Gasteiger partial charge < -0.3 is 15.1 Å². The first-order chi connectivity index (χ1) is 10.5. The van der Waals surface area contributed by atoms with E-state index >= 15 is 0 Å². The zero-order valence-electron chi connectivity index (χ0n) is 12.8. The van der Waals surface area contributed by atoms with Gasteiger partial charge in [0.15, 0.2) is 11.7 Å². The number of aromatic nitrogens is 1. The molecule has 0 aliphatic rings. The Bertz CT molecular complexity index is 642. The molecule has 0 bridgehead atoms. The molecular weight excluding hydrogens is 285 g/mol. The molecule has 1 aromatic carbocycles. The largest absolute Gasteiger partial charge is 0.441 e. The summed E-state index contributed by atoms with van der Waals surface area (Å²) in [6.45, 7) is 2.30. The number of likely N-dealkylation sites (N-methyl/N-ethyl adjacent to an activating group) is 1. The number of carbonyl (C=O) groups excluding carboxylic acids is 1.